The first-order valence-electron chi connectivity index (χ1n) is 8.62. The Morgan fingerprint density at radius 2 is 1.85 bits per heavy atom. The summed E-state index contributed by atoms with van der Waals surface area (Å²) in [7, 11) is 0. The number of amides is 1. The van der Waals surface area contributed by atoms with Gasteiger partial charge < -0.3 is 15.5 Å². The summed E-state index contributed by atoms with van der Waals surface area (Å²) in [5.41, 5.74) is 0.778. The Bertz CT molecular complexity index is 632. The molecule has 1 saturated heterocycles. The van der Waals surface area contributed by atoms with Crippen LogP contribution in [0.4, 0.5) is 14.5 Å². The lowest BCUT2D eigenvalue weighted by Crippen LogP contribution is -2.52. The zero-order valence-electron chi connectivity index (χ0n) is 14.3. The van der Waals surface area contributed by atoms with Crippen LogP contribution in [-0.2, 0) is 4.79 Å². The summed E-state index contributed by atoms with van der Waals surface area (Å²) in [4.78, 5) is 16.6. The average molecular weight is 401 g/mol. The first-order valence-corrected chi connectivity index (χ1v) is 9.91. The van der Waals surface area contributed by atoms with Gasteiger partial charge in [0, 0.05) is 42.8 Å². The van der Waals surface area contributed by atoms with Crippen LogP contribution in [0, 0.1) is 0 Å². The van der Waals surface area contributed by atoms with E-state index >= 15 is 0 Å². The average Bonchev–Trinajstić information content (AvgIpc) is 3.40. The minimum Gasteiger partial charge on any atom is -0.352 e. The lowest BCUT2D eigenvalue weighted by Gasteiger charge is -2.35. The van der Waals surface area contributed by atoms with E-state index in [1.807, 2.05) is 0 Å². The van der Waals surface area contributed by atoms with Crippen molar-refractivity contribution in [1.82, 2.24) is 15.1 Å². The van der Waals surface area contributed by atoms with Crippen LogP contribution in [0.5, 0.6) is 0 Å². The molecule has 1 amide bonds. The van der Waals surface area contributed by atoms with Crippen LogP contribution < -0.4 is 10.6 Å². The lowest BCUT2D eigenvalue weighted by molar-refractivity contribution is -0.122. The second-order valence-corrected chi connectivity index (χ2v) is 7.89. The molecule has 0 radical (unpaired) electrons. The molecule has 0 aromatic heterocycles. The number of carbonyl (C=O) groups is 1. The van der Waals surface area contributed by atoms with Crippen molar-refractivity contribution in [2.24, 2.45) is 0 Å². The zero-order valence-corrected chi connectivity index (χ0v) is 15.9. The molecule has 1 saturated carbocycles. The number of benzene rings is 1. The molecule has 2 N–H and O–H groups in total. The maximum atomic E-state index is 12.3. The number of hydrogen-bond donors (Lipinski definition) is 2. The number of rotatable bonds is 6. The summed E-state index contributed by atoms with van der Waals surface area (Å²) >= 11 is 5.97. The molecular weight excluding hydrogens is 378 g/mol. The van der Waals surface area contributed by atoms with Gasteiger partial charge in [-0.1, -0.05) is 11.8 Å². The smallest absolute Gasteiger partial charge is 0.288 e. The van der Waals surface area contributed by atoms with Crippen molar-refractivity contribution in [2.75, 3.05) is 38.0 Å². The number of hydrogen-bond acceptors (Lipinski definition) is 4. The Kier molecular flexibility index (Phi) is 6.66. The molecule has 1 aromatic carbocycles. The van der Waals surface area contributed by atoms with Gasteiger partial charge >= 0.3 is 0 Å². The van der Waals surface area contributed by atoms with E-state index in [0.29, 0.717) is 34.4 Å². The van der Waals surface area contributed by atoms with Gasteiger partial charge in [-0.2, -0.15) is 8.78 Å². The van der Waals surface area contributed by atoms with Gasteiger partial charge in [-0.25, -0.2) is 0 Å². The van der Waals surface area contributed by atoms with Crippen LogP contribution in [0.15, 0.2) is 29.2 Å². The molecule has 5 nitrogen and oxygen atoms in total. The predicted molar refractivity (Wildman–Crippen MR) is 104 cm³/mol. The highest BCUT2D eigenvalue weighted by atomic mass is 32.2. The van der Waals surface area contributed by atoms with E-state index in [1.165, 1.54) is 0 Å². The van der Waals surface area contributed by atoms with Crippen molar-refractivity contribution in [3.8, 4) is 0 Å². The highest BCUT2D eigenvalue weighted by Gasteiger charge is 2.25. The van der Waals surface area contributed by atoms with Crippen LogP contribution in [0.1, 0.15) is 12.8 Å². The SMILES string of the molecule is O=C(CN1CCN(C(=S)Nc2ccc(SC(F)F)cc2)CC1)NC1CC1. The Morgan fingerprint density at radius 3 is 2.42 bits per heavy atom. The number of thioether (sulfide) groups is 1. The van der Waals surface area contributed by atoms with Crippen molar-refractivity contribution < 1.29 is 13.6 Å². The van der Waals surface area contributed by atoms with E-state index in [1.54, 1.807) is 24.3 Å². The number of nitrogens with one attached hydrogen (secondary N) is 2. The molecule has 1 aliphatic carbocycles. The second-order valence-electron chi connectivity index (χ2n) is 6.44. The summed E-state index contributed by atoms with van der Waals surface area (Å²) in [6, 6.07) is 7.19. The number of alkyl halides is 2. The molecule has 0 spiro atoms. The summed E-state index contributed by atoms with van der Waals surface area (Å²) in [6.45, 7) is 3.51. The fraction of sp³-hybridized carbons (Fsp3) is 0.529. The van der Waals surface area contributed by atoms with Crippen molar-refractivity contribution in [3.05, 3.63) is 24.3 Å². The van der Waals surface area contributed by atoms with Gasteiger partial charge in [-0.05, 0) is 49.3 Å². The van der Waals surface area contributed by atoms with Crippen molar-refractivity contribution in [1.29, 1.82) is 0 Å². The highest BCUT2D eigenvalue weighted by Crippen LogP contribution is 2.26. The summed E-state index contributed by atoms with van der Waals surface area (Å²) in [5.74, 6) is -2.32. The zero-order chi connectivity index (χ0) is 18.5. The fourth-order valence-corrected chi connectivity index (χ4v) is 3.53. The number of anilines is 1. The summed E-state index contributed by atoms with van der Waals surface area (Å²) in [6.07, 6.45) is 2.20. The number of nitrogens with zero attached hydrogens (tertiary/aromatic N) is 2. The topological polar surface area (TPSA) is 47.6 Å². The monoisotopic (exact) mass is 400 g/mol. The minimum atomic E-state index is -2.42. The van der Waals surface area contributed by atoms with Crippen LogP contribution in [-0.4, -0.2) is 65.3 Å². The summed E-state index contributed by atoms with van der Waals surface area (Å²) in [5, 5.41) is 6.76. The van der Waals surface area contributed by atoms with E-state index in [2.05, 4.69) is 20.4 Å². The third-order valence-electron chi connectivity index (χ3n) is 4.30. The van der Waals surface area contributed by atoms with Gasteiger partial charge in [0.15, 0.2) is 5.11 Å². The van der Waals surface area contributed by atoms with E-state index in [4.69, 9.17) is 12.2 Å². The maximum absolute atomic E-state index is 12.3. The third kappa shape index (κ3) is 6.07. The van der Waals surface area contributed by atoms with Gasteiger partial charge in [0.1, 0.15) is 0 Å². The summed E-state index contributed by atoms with van der Waals surface area (Å²) < 4.78 is 24.7. The molecule has 1 heterocycles. The quantitative estimate of drug-likeness (QED) is 0.566. The number of piperazine rings is 1. The van der Waals surface area contributed by atoms with E-state index in [-0.39, 0.29) is 5.91 Å². The van der Waals surface area contributed by atoms with Crippen LogP contribution in [0.3, 0.4) is 0 Å². The van der Waals surface area contributed by atoms with Gasteiger partial charge in [0.05, 0.1) is 6.54 Å². The molecular formula is C17H22F2N4OS2. The van der Waals surface area contributed by atoms with E-state index in [0.717, 1.165) is 44.7 Å². The predicted octanol–water partition coefficient (Wildman–Crippen LogP) is 2.59. The largest absolute Gasteiger partial charge is 0.352 e. The van der Waals surface area contributed by atoms with Crippen molar-refractivity contribution in [3.63, 3.8) is 0 Å². The molecule has 3 rings (SSSR count). The van der Waals surface area contributed by atoms with Crippen LogP contribution in [0.2, 0.25) is 0 Å². The molecule has 0 bridgehead atoms. The van der Waals surface area contributed by atoms with Gasteiger partial charge in [-0.3, -0.25) is 9.69 Å². The maximum Gasteiger partial charge on any atom is 0.288 e. The molecule has 9 heteroatoms. The van der Waals surface area contributed by atoms with Crippen LogP contribution >= 0.6 is 24.0 Å². The lowest BCUT2D eigenvalue weighted by atomic mass is 10.3. The molecule has 26 heavy (non-hydrogen) atoms. The molecule has 2 fully saturated rings. The Labute approximate surface area is 161 Å². The minimum absolute atomic E-state index is 0.100. The Morgan fingerprint density at radius 1 is 1.19 bits per heavy atom. The molecule has 0 unspecified atom stereocenters. The van der Waals surface area contributed by atoms with Gasteiger partial charge in [-0.15, -0.1) is 0 Å². The number of thiocarbonyl (C=S) groups is 1. The number of halogens is 2. The molecule has 2 aliphatic rings. The molecule has 142 valence electrons. The van der Waals surface area contributed by atoms with Gasteiger partial charge in [0.2, 0.25) is 5.91 Å². The number of carbonyl (C=O) groups excluding carboxylic acids is 1. The molecule has 1 aromatic rings. The second kappa shape index (κ2) is 8.96. The van der Waals surface area contributed by atoms with Crippen molar-refractivity contribution in [2.45, 2.75) is 29.5 Å². The van der Waals surface area contributed by atoms with E-state index in [9.17, 15) is 13.6 Å². The normalized spacial score (nSPS) is 18.0. The molecule has 1 aliphatic heterocycles. The highest BCUT2D eigenvalue weighted by molar-refractivity contribution is 7.99. The molecule has 0 atom stereocenters. The standard InChI is InChI=1S/C17H22F2N4OS2/c18-16(19)26-14-5-3-13(4-6-14)21-17(25)23-9-7-22(8-10-23)11-15(24)20-12-1-2-12/h3-6,12,16H,1-2,7-11H2,(H,20,24)(H,21,25). The Balaban J connectivity index is 1.40. The van der Waals surface area contributed by atoms with Crippen LogP contribution in [0.25, 0.3) is 0 Å². The Hall–Kier alpha value is -1.45. The fourth-order valence-electron chi connectivity index (χ4n) is 2.74. The first-order chi connectivity index (χ1) is 12.5. The van der Waals surface area contributed by atoms with Gasteiger partial charge in [0.25, 0.3) is 5.76 Å². The third-order valence-corrected chi connectivity index (χ3v) is 5.38. The van der Waals surface area contributed by atoms with E-state index < -0.39 is 5.76 Å². The van der Waals surface area contributed by atoms with Crippen molar-refractivity contribution >= 4 is 40.7 Å². The first kappa shape index (κ1) is 19.3.